The van der Waals surface area contributed by atoms with Crippen LogP contribution in [0.1, 0.15) is 17.4 Å². The van der Waals surface area contributed by atoms with Crippen molar-refractivity contribution in [2.24, 2.45) is 5.73 Å². The molecule has 0 spiro atoms. The predicted octanol–water partition coefficient (Wildman–Crippen LogP) is 1.15. The van der Waals surface area contributed by atoms with Crippen LogP contribution in [0.5, 0.6) is 0 Å². The van der Waals surface area contributed by atoms with Gasteiger partial charge in [-0.3, -0.25) is 0 Å². The Balaban J connectivity index is 2.35. The van der Waals surface area contributed by atoms with Crippen LogP contribution in [0.2, 0.25) is 0 Å². The number of aliphatic hydroxyl groups excluding tert-OH is 1. The van der Waals surface area contributed by atoms with Crippen LogP contribution < -0.4 is 5.73 Å². The average molecular weight is 201 g/mol. The third-order valence-corrected chi connectivity index (χ3v) is 2.66. The highest BCUT2D eigenvalue weighted by Crippen LogP contribution is 2.21. The molecule has 1 heterocycles. The first-order valence-electron chi connectivity index (χ1n) is 4.34. The van der Waals surface area contributed by atoms with Crippen molar-refractivity contribution in [2.45, 2.75) is 12.5 Å². The summed E-state index contributed by atoms with van der Waals surface area (Å²) >= 11 is 1.65. The van der Waals surface area contributed by atoms with Crippen LogP contribution in [0.15, 0.2) is 17.5 Å². The molecule has 0 fully saturated rings. The van der Waals surface area contributed by atoms with E-state index in [0.29, 0.717) is 19.6 Å². The van der Waals surface area contributed by atoms with Crippen molar-refractivity contribution in [3.05, 3.63) is 22.4 Å². The zero-order valence-corrected chi connectivity index (χ0v) is 8.30. The van der Waals surface area contributed by atoms with Crippen molar-refractivity contribution < 1.29 is 9.84 Å². The molecule has 0 aliphatic rings. The molecule has 0 radical (unpaired) electrons. The van der Waals surface area contributed by atoms with E-state index in [0.717, 1.165) is 4.88 Å². The van der Waals surface area contributed by atoms with Gasteiger partial charge in [0, 0.05) is 24.6 Å². The minimum absolute atomic E-state index is 0.00782. The summed E-state index contributed by atoms with van der Waals surface area (Å²) in [5.41, 5.74) is 5.57. The van der Waals surface area contributed by atoms with Gasteiger partial charge in [0.2, 0.25) is 0 Å². The lowest BCUT2D eigenvalue weighted by atomic mass is 10.3. The van der Waals surface area contributed by atoms with Gasteiger partial charge in [-0.1, -0.05) is 6.07 Å². The van der Waals surface area contributed by atoms with Crippen molar-refractivity contribution >= 4 is 11.3 Å². The van der Waals surface area contributed by atoms with Gasteiger partial charge in [-0.25, -0.2) is 0 Å². The summed E-state index contributed by atoms with van der Waals surface area (Å²) in [7, 11) is 0. The zero-order valence-electron chi connectivity index (χ0n) is 7.48. The fourth-order valence-corrected chi connectivity index (χ4v) is 1.82. The van der Waals surface area contributed by atoms with Gasteiger partial charge in [0.05, 0.1) is 0 Å². The van der Waals surface area contributed by atoms with Gasteiger partial charge < -0.3 is 15.6 Å². The summed E-state index contributed by atoms with van der Waals surface area (Å²) in [4.78, 5) is 1.15. The number of hydrogen-bond donors (Lipinski definition) is 2. The second-order valence-electron chi connectivity index (χ2n) is 2.69. The van der Waals surface area contributed by atoms with Crippen LogP contribution >= 0.6 is 11.3 Å². The summed E-state index contributed by atoms with van der Waals surface area (Å²) in [5, 5.41) is 10.6. The summed E-state index contributed by atoms with van der Waals surface area (Å²) in [5.74, 6) is 0. The minimum Gasteiger partial charge on any atom is -0.396 e. The number of ether oxygens (including phenoxy) is 1. The standard InChI is InChI=1S/C9H15NO2S/c10-7-8(12-5-2-4-11)9-3-1-6-13-9/h1,3,6,8,11H,2,4-5,7,10H2. The fourth-order valence-electron chi connectivity index (χ4n) is 1.03. The Labute approximate surface area is 82.1 Å². The largest absolute Gasteiger partial charge is 0.396 e. The monoisotopic (exact) mass is 201 g/mol. The molecule has 3 nitrogen and oxygen atoms in total. The van der Waals surface area contributed by atoms with Gasteiger partial charge >= 0.3 is 0 Å². The summed E-state index contributed by atoms with van der Waals surface area (Å²) in [6.07, 6.45) is 0.661. The van der Waals surface area contributed by atoms with Gasteiger partial charge in [0.1, 0.15) is 6.10 Å². The van der Waals surface area contributed by atoms with E-state index >= 15 is 0 Å². The SMILES string of the molecule is NCC(OCCCO)c1cccs1. The van der Waals surface area contributed by atoms with Gasteiger partial charge in [-0.15, -0.1) is 11.3 Å². The van der Waals surface area contributed by atoms with Crippen LogP contribution in [-0.2, 0) is 4.74 Å². The van der Waals surface area contributed by atoms with Crippen molar-refractivity contribution in [3.63, 3.8) is 0 Å². The quantitative estimate of drug-likeness (QED) is 0.679. The Morgan fingerprint density at radius 2 is 2.46 bits per heavy atom. The molecule has 1 rings (SSSR count). The first kappa shape index (κ1) is 10.7. The molecule has 74 valence electrons. The highest BCUT2D eigenvalue weighted by Gasteiger charge is 2.09. The van der Waals surface area contributed by atoms with Crippen LogP contribution in [0, 0.1) is 0 Å². The molecule has 13 heavy (non-hydrogen) atoms. The lowest BCUT2D eigenvalue weighted by molar-refractivity contribution is 0.0510. The Bertz CT molecular complexity index is 213. The maximum absolute atomic E-state index is 8.57. The Morgan fingerprint density at radius 1 is 1.62 bits per heavy atom. The van der Waals surface area contributed by atoms with Crippen LogP contribution in [0.3, 0.4) is 0 Å². The third-order valence-electron chi connectivity index (χ3n) is 1.70. The second-order valence-corrected chi connectivity index (χ2v) is 3.67. The molecule has 0 amide bonds. The van der Waals surface area contributed by atoms with E-state index in [2.05, 4.69) is 0 Å². The number of rotatable bonds is 6. The molecule has 0 saturated carbocycles. The molecule has 0 aliphatic carbocycles. The van der Waals surface area contributed by atoms with Gasteiger partial charge in [0.25, 0.3) is 0 Å². The van der Waals surface area contributed by atoms with E-state index in [9.17, 15) is 0 Å². The average Bonchev–Trinajstić information content (AvgIpc) is 2.65. The number of hydrogen-bond acceptors (Lipinski definition) is 4. The van der Waals surface area contributed by atoms with E-state index in [1.807, 2.05) is 17.5 Å². The Morgan fingerprint density at radius 3 is 3.00 bits per heavy atom. The Kier molecular flexibility index (Phi) is 5.00. The predicted molar refractivity (Wildman–Crippen MR) is 53.8 cm³/mol. The fraction of sp³-hybridized carbons (Fsp3) is 0.556. The third kappa shape index (κ3) is 3.44. The molecule has 4 heteroatoms. The molecule has 0 aromatic carbocycles. The second kappa shape index (κ2) is 6.10. The van der Waals surface area contributed by atoms with Crippen LogP contribution in [0.4, 0.5) is 0 Å². The summed E-state index contributed by atoms with van der Waals surface area (Å²) < 4.78 is 5.50. The summed E-state index contributed by atoms with van der Waals surface area (Å²) in [6.45, 7) is 1.23. The van der Waals surface area contributed by atoms with E-state index < -0.39 is 0 Å². The molecule has 0 aliphatic heterocycles. The van der Waals surface area contributed by atoms with Crippen molar-refractivity contribution in [1.82, 2.24) is 0 Å². The number of thiophene rings is 1. The normalized spacial score (nSPS) is 13.1. The van der Waals surface area contributed by atoms with Gasteiger partial charge in [-0.05, 0) is 17.9 Å². The highest BCUT2D eigenvalue weighted by molar-refractivity contribution is 7.10. The molecular formula is C9H15NO2S. The summed E-state index contributed by atoms with van der Waals surface area (Å²) in [6, 6.07) is 4.00. The van der Waals surface area contributed by atoms with Gasteiger partial charge in [-0.2, -0.15) is 0 Å². The maximum atomic E-state index is 8.57. The van der Waals surface area contributed by atoms with Crippen LogP contribution in [-0.4, -0.2) is 24.9 Å². The molecular weight excluding hydrogens is 186 g/mol. The first-order chi connectivity index (χ1) is 6.38. The maximum Gasteiger partial charge on any atom is 0.104 e. The molecule has 3 N–H and O–H groups in total. The first-order valence-corrected chi connectivity index (χ1v) is 5.22. The van der Waals surface area contributed by atoms with Crippen molar-refractivity contribution in [2.75, 3.05) is 19.8 Å². The Hall–Kier alpha value is -0.420. The molecule has 0 saturated heterocycles. The molecule has 1 aromatic heterocycles. The van der Waals surface area contributed by atoms with E-state index in [1.54, 1.807) is 11.3 Å². The molecule has 1 aromatic rings. The minimum atomic E-state index is -0.00782. The number of nitrogens with two attached hydrogens (primary N) is 1. The van der Waals surface area contributed by atoms with Crippen molar-refractivity contribution in [3.8, 4) is 0 Å². The highest BCUT2D eigenvalue weighted by atomic mass is 32.1. The molecule has 0 bridgehead atoms. The van der Waals surface area contributed by atoms with E-state index in [4.69, 9.17) is 15.6 Å². The lowest BCUT2D eigenvalue weighted by Gasteiger charge is -2.13. The number of aliphatic hydroxyl groups is 1. The van der Waals surface area contributed by atoms with Gasteiger partial charge in [0.15, 0.2) is 0 Å². The van der Waals surface area contributed by atoms with Crippen LogP contribution in [0.25, 0.3) is 0 Å². The zero-order chi connectivity index (χ0) is 9.52. The molecule has 1 atom stereocenters. The molecule has 1 unspecified atom stereocenters. The lowest BCUT2D eigenvalue weighted by Crippen LogP contribution is -2.15. The van der Waals surface area contributed by atoms with Crippen molar-refractivity contribution in [1.29, 1.82) is 0 Å². The topological polar surface area (TPSA) is 55.5 Å². The smallest absolute Gasteiger partial charge is 0.104 e. The van der Waals surface area contributed by atoms with E-state index in [-0.39, 0.29) is 12.7 Å². The van der Waals surface area contributed by atoms with E-state index in [1.165, 1.54) is 0 Å².